The zero-order valence-corrected chi connectivity index (χ0v) is 11.2. The van der Waals surface area contributed by atoms with Crippen LogP contribution in [0, 0.1) is 5.92 Å². The number of aliphatic hydroxyl groups is 3. The molecular weight excluding hydrogens is 242 g/mol. The third-order valence-electron chi connectivity index (χ3n) is 4.35. The van der Waals surface area contributed by atoms with Gasteiger partial charge in [-0.2, -0.15) is 0 Å². The Labute approximate surface area is 114 Å². The van der Waals surface area contributed by atoms with Crippen LogP contribution < -0.4 is 4.90 Å². The summed E-state index contributed by atoms with van der Waals surface area (Å²) in [6, 6.07) is 9.93. The molecule has 19 heavy (non-hydrogen) atoms. The molecule has 1 aliphatic rings. The Morgan fingerprint density at radius 1 is 1.11 bits per heavy atom. The minimum absolute atomic E-state index is 0.0103. The molecule has 0 radical (unpaired) electrons. The SMILES string of the molecule is OCC1CCC[NH+](C(CO)c2ccccc2)C1CO. The highest BCUT2D eigenvalue weighted by atomic mass is 16.3. The molecule has 4 unspecified atom stereocenters. The molecule has 106 valence electrons. The highest BCUT2D eigenvalue weighted by molar-refractivity contribution is 5.17. The van der Waals surface area contributed by atoms with E-state index in [1.807, 2.05) is 30.3 Å². The fourth-order valence-corrected chi connectivity index (χ4v) is 3.30. The molecule has 1 aromatic rings. The molecule has 1 aromatic carbocycles. The first-order chi connectivity index (χ1) is 9.31. The minimum Gasteiger partial charge on any atom is -0.396 e. The number of rotatable bonds is 5. The number of hydrogen-bond acceptors (Lipinski definition) is 3. The van der Waals surface area contributed by atoms with E-state index >= 15 is 0 Å². The van der Waals surface area contributed by atoms with E-state index in [1.165, 1.54) is 4.90 Å². The number of piperidine rings is 1. The van der Waals surface area contributed by atoms with Crippen LogP contribution in [0.3, 0.4) is 0 Å². The number of aliphatic hydroxyl groups excluding tert-OH is 3. The Bertz CT molecular complexity index is 371. The fourth-order valence-electron chi connectivity index (χ4n) is 3.30. The summed E-state index contributed by atoms with van der Waals surface area (Å²) in [5, 5.41) is 28.8. The zero-order chi connectivity index (χ0) is 13.7. The normalized spacial score (nSPS) is 29.1. The third-order valence-corrected chi connectivity index (χ3v) is 4.35. The molecule has 0 spiro atoms. The number of nitrogens with one attached hydrogen (secondary N) is 1. The van der Waals surface area contributed by atoms with Gasteiger partial charge in [-0.25, -0.2) is 0 Å². The van der Waals surface area contributed by atoms with Crippen molar-refractivity contribution in [3.63, 3.8) is 0 Å². The van der Waals surface area contributed by atoms with Crippen molar-refractivity contribution in [2.24, 2.45) is 5.92 Å². The van der Waals surface area contributed by atoms with Gasteiger partial charge in [-0.05, 0) is 12.8 Å². The second-order valence-corrected chi connectivity index (χ2v) is 5.34. The molecule has 0 bridgehead atoms. The highest BCUT2D eigenvalue weighted by Crippen LogP contribution is 2.17. The lowest BCUT2D eigenvalue weighted by molar-refractivity contribution is -0.965. The topological polar surface area (TPSA) is 65.1 Å². The summed E-state index contributed by atoms with van der Waals surface area (Å²) in [7, 11) is 0. The van der Waals surface area contributed by atoms with Crippen LogP contribution >= 0.6 is 0 Å². The maximum atomic E-state index is 9.74. The number of hydrogen-bond donors (Lipinski definition) is 4. The van der Waals surface area contributed by atoms with Gasteiger partial charge in [-0.3, -0.25) is 0 Å². The maximum absolute atomic E-state index is 9.74. The first kappa shape index (κ1) is 14.5. The summed E-state index contributed by atoms with van der Waals surface area (Å²) in [6.45, 7) is 1.17. The molecule has 4 heteroatoms. The molecule has 2 rings (SSSR count). The van der Waals surface area contributed by atoms with Crippen molar-refractivity contribution >= 4 is 0 Å². The van der Waals surface area contributed by atoms with Gasteiger partial charge in [-0.15, -0.1) is 0 Å². The molecule has 0 aromatic heterocycles. The van der Waals surface area contributed by atoms with Crippen LogP contribution in [-0.4, -0.2) is 47.7 Å². The molecule has 1 fully saturated rings. The van der Waals surface area contributed by atoms with Crippen molar-refractivity contribution in [1.29, 1.82) is 0 Å². The molecule has 1 aliphatic heterocycles. The molecule has 0 saturated carbocycles. The van der Waals surface area contributed by atoms with Gasteiger partial charge in [0.25, 0.3) is 0 Å². The second-order valence-electron chi connectivity index (χ2n) is 5.34. The quantitative estimate of drug-likeness (QED) is 0.574. The van der Waals surface area contributed by atoms with Crippen molar-refractivity contribution in [2.75, 3.05) is 26.4 Å². The van der Waals surface area contributed by atoms with Gasteiger partial charge in [0, 0.05) is 11.5 Å². The zero-order valence-electron chi connectivity index (χ0n) is 11.2. The molecule has 1 heterocycles. The lowest BCUT2D eigenvalue weighted by atomic mass is 9.88. The van der Waals surface area contributed by atoms with Gasteiger partial charge in [0.1, 0.15) is 12.1 Å². The maximum Gasteiger partial charge on any atom is 0.137 e. The van der Waals surface area contributed by atoms with Crippen LogP contribution in [0.5, 0.6) is 0 Å². The Hall–Kier alpha value is -0.940. The molecule has 4 nitrogen and oxygen atoms in total. The van der Waals surface area contributed by atoms with E-state index in [1.54, 1.807) is 0 Å². The van der Waals surface area contributed by atoms with Gasteiger partial charge in [0.15, 0.2) is 0 Å². The number of likely N-dealkylation sites (tertiary alicyclic amines) is 1. The van der Waals surface area contributed by atoms with Crippen LogP contribution in [0.4, 0.5) is 0 Å². The smallest absolute Gasteiger partial charge is 0.137 e. The molecular formula is C15H24NO3+. The number of quaternary nitrogens is 1. The summed E-state index contributed by atoms with van der Waals surface area (Å²) < 4.78 is 0. The van der Waals surface area contributed by atoms with E-state index in [-0.39, 0.29) is 37.8 Å². The molecule has 4 N–H and O–H groups in total. The van der Waals surface area contributed by atoms with Gasteiger partial charge >= 0.3 is 0 Å². The van der Waals surface area contributed by atoms with Crippen molar-refractivity contribution in [1.82, 2.24) is 0 Å². The van der Waals surface area contributed by atoms with Gasteiger partial charge in [0.2, 0.25) is 0 Å². The predicted molar refractivity (Wildman–Crippen MR) is 72.8 cm³/mol. The van der Waals surface area contributed by atoms with Crippen molar-refractivity contribution in [3.05, 3.63) is 35.9 Å². The predicted octanol–water partition coefficient (Wildman–Crippen LogP) is -0.632. The molecule has 1 saturated heterocycles. The lowest BCUT2D eigenvalue weighted by Gasteiger charge is -2.40. The lowest BCUT2D eigenvalue weighted by Crippen LogP contribution is -3.18. The van der Waals surface area contributed by atoms with E-state index in [0.29, 0.717) is 0 Å². The van der Waals surface area contributed by atoms with Crippen LogP contribution in [0.25, 0.3) is 0 Å². The summed E-state index contributed by atoms with van der Waals surface area (Å²) in [5.41, 5.74) is 1.09. The van der Waals surface area contributed by atoms with E-state index in [2.05, 4.69) is 0 Å². The molecule has 0 aliphatic carbocycles. The van der Waals surface area contributed by atoms with Gasteiger partial charge < -0.3 is 20.2 Å². The average molecular weight is 266 g/mol. The van der Waals surface area contributed by atoms with E-state index < -0.39 is 0 Å². The summed E-state index contributed by atoms with van der Waals surface area (Å²) in [4.78, 5) is 1.20. The van der Waals surface area contributed by atoms with E-state index in [4.69, 9.17) is 0 Å². The van der Waals surface area contributed by atoms with Crippen LogP contribution in [-0.2, 0) is 0 Å². The van der Waals surface area contributed by atoms with Crippen molar-refractivity contribution in [3.8, 4) is 0 Å². The minimum atomic E-state index is -0.0206. The Morgan fingerprint density at radius 2 is 1.84 bits per heavy atom. The standard InChI is InChI=1S/C15H23NO3/c17-9-13-7-4-8-16(15(13)11-19)14(10-18)12-5-2-1-3-6-12/h1-3,5-6,13-15,17-19H,4,7-11H2/p+1. The van der Waals surface area contributed by atoms with Crippen LogP contribution in [0.15, 0.2) is 30.3 Å². The van der Waals surface area contributed by atoms with E-state index in [9.17, 15) is 15.3 Å². The Balaban J connectivity index is 2.21. The highest BCUT2D eigenvalue weighted by Gasteiger charge is 2.38. The van der Waals surface area contributed by atoms with Crippen molar-refractivity contribution in [2.45, 2.75) is 24.9 Å². The first-order valence-electron chi connectivity index (χ1n) is 7.05. The largest absolute Gasteiger partial charge is 0.396 e. The fraction of sp³-hybridized carbons (Fsp3) is 0.600. The monoisotopic (exact) mass is 266 g/mol. The molecule has 4 atom stereocenters. The number of benzene rings is 1. The average Bonchev–Trinajstić information content (AvgIpc) is 2.48. The third kappa shape index (κ3) is 3.15. The van der Waals surface area contributed by atoms with Gasteiger partial charge in [0.05, 0.1) is 26.4 Å². The molecule has 0 amide bonds. The Kier molecular flexibility index (Phi) is 5.34. The van der Waals surface area contributed by atoms with E-state index in [0.717, 1.165) is 24.9 Å². The van der Waals surface area contributed by atoms with Gasteiger partial charge in [-0.1, -0.05) is 30.3 Å². The van der Waals surface area contributed by atoms with Crippen LogP contribution in [0.1, 0.15) is 24.4 Å². The first-order valence-corrected chi connectivity index (χ1v) is 7.05. The second kappa shape index (κ2) is 7.01. The van der Waals surface area contributed by atoms with Crippen LogP contribution in [0.2, 0.25) is 0 Å². The Morgan fingerprint density at radius 3 is 2.42 bits per heavy atom. The summed E-state index contributed by atoms with van der Waals surface area (Å²) >= 11 is 0. The van der Waals surface area contributed by atoms with Crippen molar-refractivity contribution < 1.29 is 20.2 Å². The summed E-state index contributed by atoms with van der Waals surface area (Å²) in [6.07, 6.45) is 1.98. The summed E-state index contributed by atoms with van der Waals surface area (Å²) in [5.74, 6) is 0.131.